The summed E-state index contributed by atoms with van der Waals surface area (Å²) in [6.45, 7) is 12.6. The van der Waals surface area contributed by atoms with E-state index in [-0.39, 0.29) is 0 Å². The molecule has 84 valence electrons. The van der Waals surface area contributed by atoms with Gasteiger partial charge in [-0.05, 0) is 37.3 Å². The van der Waals surface area contributed by atoms with E-state index < -0.39 is 0 Å². The quantitative estimate of drug-likeness (QED) is 0.752. The van der Waals surface area contributed by atoms with E-state index in [9.17, 15) is 0 Å². The van der Waals surface area contributed by atoms with Crippen LogP contribution in [0.15, 0.2) is 0 Å². The zero-order chi connectivity index (χ0) is 10.8. The summed E-state index contributed by atoms with van der Waals surface area (Å²) < 4.78 is 0. The topological polar surface area (TPSA) is 29.3 Å². The highest BCUT2D eigenvalue weighted by Gasteiger charge is 2.29. The Labute approximate surface area is 88.8 Å². The van der Waals surface area contributed by atoms with Crippen LogP contribution in [0.2, 0.25) is 0 Å². The first-order valence-corrected chi connectivity index (χ1v) is 5.90. The third-order valence-electron chi connectivity index (χ3n) is 3.63. The molecule has 1 aliphatic rings. The predicted molar refractivity (Wildman–Crippen MR) is 62.3 cm³/mol. The minimum absolute atomic E-state index is 0.548. The Kier molecular flexibility index (Phi) is 3.96. The van der Waals surface area contributed by atoms with Crippen molar-refractivity contribution >= 4 is 0 Å². The molecule has 14 heavy (non-hydrogen) atoms. The second-order valence-electron chi connectivity index (χ2n) is 5.75. The van der Waals surface area contributed by atoms with E-state index in [0.29, 0.717) is 17.4 Å². The lowest BCUT2D eigenvalue weighted by atomic mass is 9.81. The van der Waals surface area contributed by atoms with E-state index >= 15 is 0 Å². The van der Waals surface area contributed by atoms with Crippen LogP contribution in [0.5, 0.6) is 0 Å². The molecule has 2 N–H and O–H groups in total. The molecule has 0 amide bonds. The molecule has 1 atom stereocenters. The van der Waals surface area contributed by atoms with Gasteiger partial charge in [0.2, 0.25) is 0 Å². The number of likely N-dealkylation sites (tertiary alicyclic amines) is 1. The molecule has 2 nitrogen and oxygen atoms in total. The Morgan fingerprint density at radius 1 is 1.21 bits per heavy atom. The van der Waals surface area contributed by atoms with Crippen molar-refractivity contribution < 1.29 is 0 Å². The Morgan fingerprint density at radius 3 is 2.07 bits per heavy atom. The SMILES string of the molecule is CC(C)C(CN)N1CCC(C)(C)CC1. The van der Waals surface area contributed by atoms with E-state index in [4.69, 9.17) is 5.73 Å². The molecule has 0 aromatic carbocycles. The number of hydrogen-bond acceptors (Lipinski definition) is 2. The van der Waals surface area contributed by atoms with Gasteiger partial charge in [0, 0.05) is 12.6 Å². The molecule has 1 fully saturated rings. The minimum Gasteiger partial charge on any atom is -0.329 e. The molecule has 0 spiro atoms. The first kappa shape index (κ1) is 12.0. The molecule has 0 aromatic heterocycles. The predicted octanol–water partition coefficient (Wildman–Crippen LogP) is 2.09. The maximum absolute atomic E-state index is 5.83. The average Bonchev–Trinajstić information content (AvgIpc) is 2.08. The maximum atomic E-state index is 5.83. The number of hydrogen-bond donors (Lipinski definition) is 1. The normalized spacial score (nSPS) is 25.3. The van der Waals surface area contributed by atoms with E-state index in [1.807, 2.05) is 0 Å². The third-order valence-corrected chi connectivity index (χ3v) is 3.63. The van der Waals surface area contributed by atoms with Crippen LogP contribution in [0, 0.1) is 11.3 Å². The van der Waals surface area contributed by atoms with Crippen molar-refractivity contribution in [3.63, 3.8) is 0 Å². The number of nitrogens with two attached hydrogens (primary N) is 1. The lowest BCUT2D eigenvalue weighted by Gasteiger charge is -2.42. The van der Waals surface area contributed by atoms with Crippen LogP contribution >= 0.6 is 0 Å². The summed E-state index contributed by atoms with van der Waals surface area (Å²) >= 11 is 0. The number of nitrogens with zero attached hydrogens (tertiary/aromatic N) is 1. The number of piperidine rings is 1. The van der Waals surface area contributed by atoms with Crippen LogP contribution in [-0.4, -0.2) is 30.6 Å². The van der Waals surface area contributed by atoms with Gasteiger partial charge in [0.05, 0.1) is 0 Å². The fraction of sp³-hybridized carbons (Fsp3) is 1.00. The standard InChI is InChI=1S/C12H26N2/c1-10(2)11(9-13)14-7-5-12(3,4)6-8-14/h10-11H,5-9,13H2,1-4H3. The van der Waals surface area contributed by atoms with E-state index in [0.717, 1.165) is 6.54 Å². The Balaban J connectivity index is 2.47. The largest absolute Gasteiger partial charge is 0.329 e. The van der Waals surface area contributed by atoms with Crippen LogP contribution in [0.1, 0.15) is 40.5 Å². The fourth-order valence-electron chi connectivity index (χ4n) is 2.30. The lowest BCUT2D eigenvalue weighted by molar-refractivity contribution is 0.0770. The lowest BCUT2D eigenvalue weighted by Crippen LogP contribution is -2.49. The Morgan fingerprint density at radius 2 is 1.71 bits per heavy atom. The van der Waals surface area contributed by atoms with Crippen molar-refractivity contribution in [1.82, 2.24) is 4.90 Å². The smallest absolute Gasteiger partial charge is 0.0241 e. The second-order valence-corrected chi connectivity index (χ2v) is 5.75. The van der Waals surface area contributed by atoms with Crippen molar-refractivity contribution in [2.45, 2.75) is 46.6 Å². The molecule has 1 rings (SSSR count). The zero-order valence-electron chi connectivity index (χ0n) is 10.2. The summed E-state index contributed by atoms with van der Waals surface area (Å²) in [4.78, 5) is 2.58. The van der Waals surface area contributed by atoms with Gasteiger partial charge in [-0.1, -0.05) is 27.7 Å². The monoisotopic (exact) mass is 198 g/mol. The Bertz CT molecular complexity index is 165. The summed E-state index contributed by atoms with van der Waals surface area (Å²) in [6.07, 6.45) is 2.63. The average molecular weight is 198 g/mol. The summed E-state index contributed by atoms with van der Waals surface area (Å²) in [5.74, 6) is 0.682. The third kappa shape index (κ3) is 2.96. The molecule has 1 saturated heterocycles. The van der Waals surface area contributed by atoms with Crippen LogP contribution < -0.4 is 5.73 Å². The van der Waals surface area contributed by atoms with Crippen LogP contribution in [0.25, 0.3) is 0 Å². The van der Waals surface area contributed by atoms with Gasteiger partial charge < -0.3 is 5.73 Å². The van der Waals surface area contributed by atoms with Crippen molar-refractivity contribution in [2.75, 3.05) is 19.6 Å². The van der Waals surface area contributed by atoms with Crippen molar-refractivity contribution in [3.8, 4) is 0 Å². The molecule has 1 aliphatic heterocycles. The zero-order valence-corrected chi connectivity index (χ0v) is 10.2. The highest BCUT2D eigenvalue weighted by atomic mass is 15.2. The number of rotatable bonds is 3. The van der Waals surface area contributed by atoms with Gasteiger partial charge in [0.15, 0.2) is 0 Å². The fourth-order valence-corrected chi connectivity index (χ4v) is 2.30. The van der Waals surface area contributed by atoms with Crippen molar-refractivity contribution in [2.24, 2.45) is 17.1 Å². The summed E-state index contributed by atoms with van der Waals surface area (Å²) in [6, 6.07) is 0.589. The van der Waals surface area contributed by atoms with E-state index in [1.54, 1.807) is 0 Å². The summed E-state index contributed by atoms with van der Waals surface area (Å²) in [5, 5.41) is 0. The van der Waals surface area contributed by atoms with Gasteiger partial charge in [0.25, 0.3) is 0 Å². The molecular weight excluding hydrogens is 172 g/mol. The Hall–Kier alpha value is -0.0800. The van der Waals surface area contributed by atoms with Crippen molar-refractivity contribution in [1.29, 1.82) is 0 Å². The molecular formula is C12H26N2. The van der Waals surface area contributed by atoms with Gasteiger partial charge in [-0.15, -0.1) is 0 Å². The van der Waals surface area contributed by atoms with Gasteiger partial charge in [-0.2, -0.15) is 0 Å². The van der Waals surface area contributed by atoms with Gasteiger partial charge in [-0.25, -0.2) is 0 Å². The maximum Gasteiger partial charge on any atom is 0.0241 e. The van der Waals surface area contributed by atoms with E-state index in [1.165, 1.54) is 25.9 Å². The van der Waals surface area contributed by atoms with Gasteiger partial charge in [0.1, 0.15) is 0 Å². The highest BCUT2D eigenvalue weighted by Crippen LogP contribution is 2.31. The first-order chi connectivity index (χ1) is 6.46. The molecule has 0 saturated carbocycles. The minimum atomic E-state index is 0.548. The van der Waals surface area contributed by atoms with Crippen molar-refractivity contribution in [3.05, 3.63) is 0 Å². The summed E-state index contributed by atoms with van der Waals surface area (Å²) in [5.41, 5.74) is 6.38. The van der Waals surface area contributed by atoms with Gasteiger partial charge >= 0.3 is 0 Å². The summed E-state index contributed by atoms with van der Waals surface area (Å²) in [7, 11) is 0. The molecule has 0 radical (unpaired) electrons. The highest BCUT2D eigenvalue weighted by molar-refractivity contribution is 4.84. The van der Waals surface area contributed by atoms with E-state index in [2.05, 4.69) is 32.6 Å². The van der Waals surface area contributed by atoms with Crippen LogP contribution in [0.4, 0.5) is 0 Å². The first-order valence-electron chi connectivity index (χ1n) is 5.90. The molecule has 0 bridgehead atoms. The van der Waals surface area contributed by atoms with Crippen LogP contribution in [0.3, 0.4) is 0 Å². The molecule has 0 aromatic rings. The molecule has 2 heteroatoms. The second kappa shape index (κ2) is 4.63. The molecule has 1 heterocycles. The van der Waals surface area contributed by atoms with Gasteiger partial charge in [-0.3, -0.25) is 4.90 Å². The molecule has 1 unspecified atom stereocenters. The molecule has 0 aliphatic carbocycles. The van der Waals surface area contributed by atoms with Crippen LogP contribution in [-0.2, 0) is 0 Å².